The molecule has 3 aromatic rings. The lowest BCUT2D eigenvalue weighted by molar-refractivity contribution is 0.0908. The minimum absolute atomic E-state index is 0.0907. The maximum atomic E-state index is 13.4. The van der Waals surface area contributed by atoms with E-state index >= 15 is 0 Å². The van der Waals surface area contributed by atoms with Crippen molar-refractivity contribution in [2.24, 2.45) is 5.41 Å². The standard InChI is InChI=1S/C24H22ClN3O3/c1-24(2)13-20-18(21(29)14-24)12-19(22(30)27-26-16-8-4-3-5-9-16)23(31)28(20)17-10-6-7-15(25)11-17/h3-12,26H,13-14H2,1-2H3,(H,27,30). The number of hydrogen-bond acceptors (Lipinski definition) is 4. The molecule has 0 atom stereocenters. The number of ketones is 1. The first kappa shape index (κ1) is 20.9. The van der Waals surface area contributed by atoms with Gasteiger partial charge in [0.15, 0.2) is 5.78 Å². The van der Waals surface area contributed by atoms with Crippen molar-refractivity contribution in [3.05, 3.63) is 92.9 Å². The molecule has 0 radical (unpaired) electrons. The lowest BCUT2D eigenvalue weighted by Crippen LogP contribution is -2.40. The molecule has 158 valence electrons. The largest absolute Gasteiger partial charge is 0.298 e. The molecule has 1 aliphatic carbocycles. The van der Waals surface area contributed by atoms with Crippen molar-refractivity contribution in [2.45, 2.75) is 26.7 Å². The van der Waals surface area contributed by atoms with Crippen LogP contribution in [0.25, 0.3) is 5.69 Å². The van der Waals surface area contributed by atoms with Crippen molar-refractivity contribution < 1.29 is 9.59 Å². The molecule has 1 aliphatic rings. The Bertz CT molecular complexity index is 1230. The van der Waals surface area contributed by atoms with Gasteiger partial charge in [-0.05, 0) is 48.2 Å². The summed E-state index contributed by atoms with van der Waals surface area (Å²) >= 11 is 6.16. The molecule has 1 heterocycles. The van der Waals surface area contributed by atoms with Crippen molar-refractivity contribution in [3.8, 4) is 5.69 Å². The Labute approximate surface area is 184 Å². The maximum absolute atomic E-state index is 13.4. The predicted molar refractivity (Wildman–Crippen MR) is 121 cm³/mol. The second-order valence-electron chi connectivity index (χ2n) is 8.42. The first-order chi connectivity index (χ1) is 14.7. The van der Waals surface area contributed by atoms with Crippen molar-refractivity contribution in [1.29, 1.82) is 0 Å². The van der Waals surface area contributed by atoms with Crippen LogP contribution in [0.15, 0.2) is 65.5 Å². The Morgan fingerprint density at radius 1 is 1.00 bits per heavy atom. The molecular formula is C24H22ClN3O3. The van der Waals surface area contributed by atoms with E-state index in [0.717, 1.165) is 0 Å². The van der Waals surface area contributed by atoms with E-state index in [1.807, 2.05) is 32.0 Å². The number of para-hydroxylation sites is 1. The molecule has 0 spiro atoms. The van der Waals surface area contributed by atoms with E-state index < -0.39 is 11.5 Å². The number of aromatic nitrogens is 1. The zero-order chi connectivity index (χ0) is 22.2. The zero-order valence-corrected chi connectivity index (χ0v) is 18.0. The average Bonchev–Trinajstić information content (AvgIpc) is 2.71. The normalized spacial score (nSPS) is 14.6. The number of pyridine rings is 1. The Hall–Kier alpha value is -3.38. The summed E-state index contributed by atoms with van der Waals surface area (Å²) in [5.74, 6) is -0.711. The van der Waals surface area contributed by atoms with Crippen LogP contribution in [-0.4, -0.2) is 16.3 Å². The quantitative estimate of drug-likeness (QED) is 0.595. The third-order valence-electron chi connectivity index (χ3n) is 5.29. The second-order valence-corrected chi connectivity index (χ2v) is 8.86. The molecule has 0 unspecified atom stereocenters. The van der Waals surface area contributed by atoms with Crippen LogP contribution in [-0.2, 0) is 6.42 Å². The third-order valence-corrected chi connectivity index (χ3v) is 5.53. The number of carbonyl (C=O) groups is 2. The molecule has 7 heteroatoms. The fourth-order valence-corrected chi connectivity index (χ4v) is 4.07. The minimum atomic E-state index is -0.620. The first-order valence-corrected chi connectivity index (χ1v) is 10.3. The van der Waals surface area contributed by atoms with Crippen LogP contribution < -0.4 is 16.4 Å². The lowest BCUT2D eigenvalue weighted by atomic mass is 9.75. The minimum Gasteiger partial charge on any atom is -0.298 e. The number of nitrogens with zero attached hydrogens (tertiary/aromatic N) is 1. The Morgan fingerprint density at radius 2 is 1.74 bits per heavy atom. The number of rotatable bonds is 4. The smallest absolute Gasteiger partial charge is 0.275 e. The molecule has 1 aromatic heterocycles. The highest BCUT2D eigenvalue weighted by Gasteiger charge is 2.35. The molecule has 1 amide bonds. The fourth-order valence-electron chi connectivity index (χ4n) is 3.88. The van der Waals surface area contributed by atoms with E-state index in [0.29, 0.717) is 40.5 Å². The van der Waals surface area contributed by atoms with Gasteiger partial charge in [-0.15, -0.1) is 0 Å². The van der Waals surface area contributed by atoms with Crippen molar-refractivity contribution in [1.82, 2.24) is 9.99 Å². The van der Waals surface area contributed by atoms with Crippen molar-refractivity contribution in [3.63, 3.8) is 0 Å². The fraction of sp³-hybridized carbons (Fsp3) is 0.208. The maximum Gasteiger partial charge on any atom is 0.275 e. The highest BCUT2D eigenvalue weighted by Crippen LogP contribution is 2.35. The number of hydrazine groups is 1. The van der Waals surface area contributed by atoms with E-state index in [4.69, 9.17) is 11.6 Å². The number of carbonyl (C=O) groups excluding carboxylic acids is 2. The number of benzene rings is 2. The summed E-state index contributed by atoms with van der Waals surface area (Å²) in [5.41, 5.74) is 6.60. The van der Waals surface area contributed by atoms with Crippen LogP contribution in [0.3, 0.4) is 0 Å². The summed E-state index contributed by atoms with van der Waals surface area (Å²) in [7, 11) is 0. The molecule has 0 fully saturated rings. The summed E-state index contributed by atoms with van der Waals surface area (Å²) < 4.78 is 1.44. The highest BCUT2D eigenvalue weighted by atomic mass is 35.5. The molecule has 0 saturated heterocycles. The van der Waals surface area contributed by atoms with E-state index in [2.05, 4.69) is 10.9 Å². The second kappa shape index (κ2) is 8.04. The summed E-state index contributed by atoms with van der Waals surface area (Å²) in [4.78, 5) is 39.3. The number of fused-ring (bicyclic) bond motifs is 1. The lowest BCUT2D eigenvalue weighted by Gasteiger charge is -2.32. The summed E-state index contributed by atoms with van der Waals surface area (Å²) in [6.07, 6.45) is 0.872. The molecular weight excluding hydrogens is 414 g/mol. The number of amides is 1. The Morgan fingerprint density at radius 3 is 2.45 bits per heavy atom. The summed E-state index contributed by atoms with van der Waals surface area (Å²) in [6.45, 7) is 3.98. The summed E-state index contributed by atoms with van der Waals surface area (Å²) in [6, 6.07) is 17.3. The van der Waals surface area contributed by atoms with E-state index in [1.54, 1.807) is 36.4 Å². The van der Waals surface area contributed by atoms with Gasteiger partial charge in [0.05, 0.1) is 11.4 Å². The molecule has 0 bridgehead atoms. The number of hydrogen-bond donors (Lipinski definition) is 2. The van der Waals surface area contributed by atoms with Gasteiger partial charge >= 0.3 is 0 Å². The summed E-state index contributed by atoms with van der Waals surface area (Å²) in [5, 5.41) is 0.458. The monoisotopic (exact) mass is 435 g/mol. The van der Waals surface area contributed by atoms with Gasteiger partial charge in [0.1, 0.15) is 5.56 Å². The molecule has 31 heavy (non-hydrogen) atoms. The van der Waals surface area contributed by atoms with Crippen LogP contribution in [0.5, 0.6) is 0 Å². The molecule has 2 aromatic carbocycles. The number of nitrogens with one attached hydrogen (secondary N) is 2. The van der Waals surface area contributed by atoms with Gasteiger partial charge < -0.3 is 0 Å². The number of anilines is 1. The van der Waals surface area contributed by atoms with Crippen molar-refractivity contribution >= 4 is 29.0 Å². The molecule has 2 N–H and O–H groups in total. The van der Waals surface area contributed by atoms with Gasteiger partial charge in [0, 0.05) is 22.7 Å². The van der Waals surface area contributed by atoms with Gasteiger partial charge in [0.2, 0.25) is 0 Å². The van der Waals surface area contributed by atoms with Crippen LogP contribution in [0.1, 0.15) is 46.7 Å². The third kappa shape index (κ3) is 4.25. The Kier molecular flexibility index (Phi) is 5.41. The van der Waals surface area contributed by atoms with Crippen LogP contribution >= 0.6 is 11.6 Å². The SMILES string of the molecule is CC1(C)CC(=O)c2cc(C(=O)NNc3ccccc3)c(=O)n(-c3cccc(Cl)c3)c2C1. The predicted octanol–water partition coefficient (Wildman–Crippen LogP) is 4.40. The molecule has 0 saturated carbocycles. The highest BCUT2D eigenvalue weighted by molar-refractivity contribution is 6.30. The topological polar surface area (TPSA) is 80.2 Å². The van der Waals surface area contributed by atoms with Gasteiger partial charge in [-0.1, -0.05) is 49.7 Å². The van der Waals surface area contributed by atoms with Crippen molar-refractivity contribution in [2.75, 3.05) is 5.43 Å². The van der Waals surface area contributed by atoms with Crippen LogP contribution in [0.4, 0.5) is 5.69 Å². The van der Waals surface area contributed by atoms with Crippen LogP contribution in [0.2, 0.25) is 5.02 Å². The van der Waals surface area contributed by atoms with Gasteiger partial charge in [-0.2, -0.15) is 0 Å². The Balaban J connectivity index is 1.83. The van der Waals surface area contributed by atoms with Gasteiger partial charge in [-0.3, -0.25) is 29.8 Å². The van der Waals surface area contributed by atoms with E-state index in [9.17, 15) is 14.4 Å². The van der Waals surface area contributed by atoms with E-state index in [1.165, 1.54) is 10.6 Å². The average molecular weight is 436 g/mol. The van der Waals surface area contributed by atoms with Gasteiger partial charge in [-0.25, -0.2) is 0 Å². The first-order valence-electron chi connectivity index (χ1n) is 9.95. The number of Topliss-reactive ketones (excluding diaryl/α,β-unsaturated/α-hetero) is 1. The molecule has 6 nitrogen and oxygen atoms in total. The molecule has 0 aliphatic heterocycles. The van der Waals surface area contributed by atoms with E-state index in [-0.39, 0.29) is 16.8 Å². The van der Waals surface area contributed by atoms with Crippen LogP contribution in [0, 0.1) is 5.41 Å². The molecule has 4 rings (SSSR count). The zero-order valence-electron chi connectivity index (χ0n) is 17.2. The van der Waals surface area contributed by atoms with Gasteiger partial charge in [0.25, 0.3) is 11.5 Å². The number of halogens is 1.